The van der Waals surface area contributed by atoms with E-state index in [1.807, 2.05) is 18.2 Å². The van der Waals surface area contributed by atoms with Gasteiger partial charge < -0.3 is 25.4 Å². The van der Waals surface area contributed by atoms with Crippen LogP contribution in [0.1, 0.15) is 32.1 Å². The maximum atomic E-state index is 10.5. The SMILES string of the molecule is CN=C(NCC1(O)CCCC1)NC1CCN(c2cc(Cl)ccc2OC)C1.I. The Morgan fingerprint density at radius 1 is 1.41 bits per heavy atom. The van der Waals surface area contributed by atoms with Crippen molar-refractivity contribution in [2.24, 2.45) is 4.99 Å². The first-order chi connectivity index (χ1) is 12.5. The molecule has 3 N–H and O–H groups in total. The van der Waals surface area contributed by atoms with Crippen LogP contribution in [0.5, 0.6) is 5.75 Å². The predicted octanol–water partition coefficient (Wildman–Crippen LogP) is 3.02. The fourth-order valence-electron chi connectivity index (χ4n) is 3.85. The van der Waals surface area contributed by atoms with E-state index in [-0.39, 0.29) is 30.0 Å². The molecule has 1 aromatic carbocycles. The first kappa shape index (κ1) is 22.4. The Morgan fingerprint density at radius 3 is 2.81 bits per heavy atom. The van der Waals surface area contributed by atoms with Crippen LogP contribution in [-0.2, 0) is 0 Å². The molecule has 3 rings (SSSR count). The number of rotatable bonds is 5. The standard InChI is InChI=1S/C19H29ClN4O2.HI/c1-21-18(22-13-19(25)8-3-4-9-19)23-15-7-10-24(12-15)16-11-14(20)5-6-17(16)26-2;/h5-6,11,15,25H,3-4,7-10,12-13H2,1-2H3,(H2,21,22,23);1H. The summed E-state index contributed by atoms with van der Waals surface area (Å²) in [6.07, 6.45) is 4.93. The molecule has 0 amide bonds. The Hall–Kier alpha value is -0.930. The Morgan fingerprint density at radius 2 is 2.15 bits per heavy atom. The number of benzene rings is 1. The van der Waals surface area contributed by atoms with Gasteiger partial charge in [0.25, 0.3) is 0 Å². The summed E-state index contributed by atoms with van der Waals surface area (Å²) in [5.41, 5.74) is 0.431. The third-order valence-electron chi connectivity index (χ3n) is 5.35. The first-order valence-corrected chi connectivity index (χ1v) is 9.69. The molecule has 1 unspecified atom stereocenters. The molecule has 1 atom stereocenters. The van der Waals surface area contributed by atoms with Gasteiger partial charge in [0.2, 0.25) is 0 Å². The molecule has 1 saturated heterocycles. The molecule has 2 aliphatic rings. The van der Waals surface area contributed by atoms with Gasteiger partial charge in [0, 0.05) is 37.7 Å². The number of methoxy groups -OCH3 is 1. The molecule has 2 fully saturated rings. The number of hydrogen-bond acceptors (Lipinski definition) is 4. The highest BCUT2D eigenvalue weighted by atomic mass is 127. The fraction of sp³-hybridized carbons (Fsp3) is 0.632. The van der Waals surface area contributed by atoms with E-state index in [0.29, 0.717) is 11.6 Å². The number of ether oxygens (including phenoxy) is 1. The number of aliphatic hydroxyl groups is 1. The molecule has 1 aliphatic carbocycles. The summed E-state index contributed by atoms with van der Waals surface area (Å²) >= 11 is 6.16. The van der Waals surface area contributed by atoms with E-state index in [0.717, 1.165) is 62.6 Å². The van der Waals surface area contributed by atoms with E-state index in [1.165, 1.54) is 0 Å². The van der Waals surface area contributed by atoms with Gasteiger partial charge in [0.1, 0.15) is 5.75 Å². The van der Waals surface area contributed by atoms with Crippen LogP contribution in [0.2, 0.25) is 5.02 Å². The van der Waals surface area contributed by atoms with Crippen LogP contribution in [-0.4, -0.2) is 56.5 Å². The maximum Gasteiger partial charge on any atom is 0.191 e. The Balaban J connectivity index is 0.00000261. The summed E-state index contributed by atoms with van der Waals surface area (Å²) in [4.78, 5) is 6.59. The molecule has 6 nitrogen and oxygen atoms in total. The van der Waals surface area contributed by atoms with Crippen molar-refractivity contribution in [3.05, 3.63) is 23.2 Å². The topological polar surface area (TPSA) is 69.1 Å². The molecule has 0 aromatic heterocycles. The van der Waals surface area contributed by atoms with Gasteiger partial charge in [-0.3, -0.25) is 4.99 Å². The number of nitrogens with one attached hydrogen (secondary N) is 2. The molecule has 1 heterocycles. The number of guanidine groups is 1. The highest BCUT2D eigenvalue weighted by Gasteiger charge is 2.31. The lowest BCUT2D eigenvalue weighted by Crippen LogP contribution is -2.49. The summed E-state index contributed by atoms with van der Waals surface area (Å²) in [6, 6.07) is 5.98. The van der Waals surface area contributed by atoms with Crippen LogP contribution >= 0.6 is 35.6 Å². The Kier molecular flexibility index (Phi) is 8.30. The van der Waals surface area contributed by atoms with Crippen molar-refractivity contribution in [1.82, 2.24) is 10.6 Å². The number of anilines is 1. The molecule has 8 heteroatoms. The zero-order chi connectivity index (χ0) is 18.6. The quantitative estimate of drug-likeness (QED) is 0.324. The second kappa shape index (κ2) is 10.0. The van der Waals surface area contributed by atoms with E-state index < -0.39 is 5.60 Å². The highest BCUT2D eigenvalue weighted by Crippen LogP contribution is 2.33. The van der Waals surface area contributed by atoms with Crippen molar-refractivity contribution < 1.29 is 9.84 Å². The lowest BCUT2D eigenvalue weighted by molar-refractivity contribution is 0.0521. The summed E-state index contributed by atoms with van der Waals surface area (Å²) in [6.45, 7) is 2.32. The minimum Gasteiger partial charge on any atom is -0.495 e. The van der Waals surface area contributed by atoms with Crippen LogP contribution in [0.4, 0.5) is 5.69 Å². The number of aliphatic imine (C=N–C) groups is 1. The lowest BCUT2D eigenvalue weighted by atomic mass is 10.0. The third kappa shape index (κ3) is 5.77. The molecule has 0 spiro atoms. The molecule has 1 aromatic rings. The average Bonchev–Trinajstić information content (AvgIpc) is 3.28. The second-order valence-electron chi connectivity index (χ2n) is 7.25. The molecule has 0 radical (unpaired) electrons. The van der Waals surface area contributed by atoms with Crippen molar-refractivity contribution >= 4 is 47.2 Å². The van der Waals surface area contributed by atoms with E-state index in [2.05, 4.69) is 20.5 Å². The van der Waals surface area contributed by atoms with Crippen molar-refractivity contribution in [3.63, 3.8) is 0 Å². The zero-order valence-electron chi connectivity index (χ0n) is 16.0. The van der Waals surface area contributed by atoms with Crippen molar-refractivity contribution in [1.29, 1.82) is 0 Å². The molecular weight excluding hydrogens is 479 g/mol. The zero-order valence-corrected chi connectivity index (χ0v) is 19.1. The highest BCUT2D eigenvalue weighted by molar-refractivity contribution is 14.0. The van der Waals surface area contributed by atoms with Crippen LogP contribution in [0.15, 0.2) is 23.2 Å². The van der Waals surface area contributed by atoms with Gasteiger partial charge in [-0.15, -0.1) is 24.0 Å². The van der Waals surface area contributed by atoms with Crippen LogP contribution in [0.3, 0.4) is 0 Å². The average molecular weight is 509 g/mol. The van der Waals surface area contributed by atoms with E-state index in [1.54, 1.807) is 14.2 Å². The van der Waals surface area contributed by atoms with E-state index in [9.17, 15) is 5.11 Å². The molecule has 0 bridgehead atoms. The number of nitrogens with zero attached hydrogens (tertiary/aromatic N) is 2. The van der Waals surface area contributed by atoms with Gasteiger partial charge in [0.15, 0.2) is 5.96 Å². The molecule has 1 aliphatic heterocycles. The van der Waals surface area contributed by atoms with Crippen molar-refractivity contribution in [2.45, 2.75) is 43.7 Å². The number of hydrogen-bond donors (Lipinski definition) is 3. The molecule has 152 valence electrons. The first-order valence-electron chi connectivity index (χ1n) is 9.31. The van der Waals surface area contributed by atoms with Crippen molar-refractivity contribution in [3.8, 4) is 5.75 Å². The molecule has 27 heavy (non-hydrogen) atoms. The summed E-state index contributed by atoms with van der Waals surface area (Å²) < 4.78 is 5.47. The normalized spacial score (nSPS) is 21.7. The second-order valence-corrected chi connectivity index (χ2v) is 7.69. The van der Waals surface area contributed by atoms with Crippen LogP contribution in [0.25, 0.3) is 0 Å². The van der Waals surface area contributed by atoms with E-state index in [4.69, 9.17) is 16.3 Å². The minimum absolute atomic E-state index is 0. The van der Waals surface area contributed by atoms with Crippen molar-refractivity contribution in [2.75, 3.05) is 38.7 Å². The van der Waals surface area contributed by atoms with Gasteiger partial charge in [0.05, 0.1) is 18.4 Å². The maximum absolute atomic E-state index is 10.5. The van der Waals surface area contributed by atoms with Gasteiger partial charge in [-0.2, -0.15) is 0 Å². The Bertz CT molecular complexity index is 653. The van der Waals surface area contributed by atoms with Gasteiger partial charge in [-0.1, -0.05) is 24.4 Å². The van der Waals surface area contributed by atoms with Gasteiger partial charge >= 0.3 is 0 Å². The predicted molar refractivity (Wildman–Crippen MR) is 122 cm³/mol. The van der Waals surface area contributed by atoms with Crippen LogP contribution in [0, 0.1) is 0 Å². The lowest BCUT2D eigenvalue weighted by Gasteiger charge is -2.25. The number of halogens is 2. The summed E-state index contributed by atoms with van der Waals surface area (Å²) in [5, 5.41) is 18.0. The fourth-order valence-corrected chi connectivity index (χ4v) is 4.02. The van der Waals surface area contributed by atoms with Gasteiger partial charge in [-0.25, -0.2) is 0 Å². The minimum atomic E-state index is -0.590. The molecule has 1 saturated carbocycles. The Labute approximate surface area is 183 Å². The smallest absolute Gasteiger partial charge is 0.191 e. The molecular formula is C19H30ClIN4O2. The van der Waals surface area contributed by atoms with E-state index >= 15 is 0 Å². The largest absolute Gasteiger partial charge is 0.495 e. The van der Waals surface area contributed by atoms with Gasteiger partial charge in [-0.05, 0) is 37.5 Å². The monoisotopic (exact) mass is 508 g/mol. The summed E-state index contributed by atoms with van der Waals surface area (Å²) in [7, 11) is 3.44. The third-order valence-corrected chi connectivity index (χ3v) is 5.59. The van der Waals surface area contributed by atoms with Crippen LogP contribution < -0.4 is 20.3 Å². The summed E-state index contributed by atoms with van der Waals surface area (Å²) in [5.74, 6) is 1.58.